The van der Waals surface area contributed by atoms with Crippen molar-refractivity contribution >= 4 is 17.8 Å². The number of amides is 4. The Balaban J connectivity index is 2.07. The Morgan fingerprint density at radius 1 is 1.38 bits per heavy atom. The quantitative estimate of drug-likeness (QED) is 0.665. The molecule has 2 aliphatic rings. The van der Waals surface area contributed by atoms with E-state index in [0.717, 1.165) is 11.3 Å². The molecule has 1 saturated carbocycles. The van der Waals surface area contributed by atoms with Crippen LogP contribution in [0.3, 0.4) is 0 Å². The van der Waals surface area contributed by atoms with Crippen molar-refractivity contribution in [3.8, 4) is 0 Å². The molecule has 2 rings (SSSR count). The largest absolute Gasteiger partial charge is 0.353 e. The van der Waals surface area contributed by atoms with Gasteiger partial charge in [0, 0.05) is 12.1 Å². The Labute approximate surface area is 143 Å². The number of imide groups is 1. The molecule has 0 aromatic heterocycles. The molecule has 0 aromatic carbocycles. The lowest BCUT2D eigenvalue weighted by Gasteiger charge is -2.43. The molecule has 0 bridgehead atoms. The molecule has 2 unspecified atom stereocenters. The molecular formula is C17H30N4O3. The Hall–Kier alpha value is -1.63. The van der Waals surface area contributed by atoms with Crippen LogP contribution in [0.25, 0.3) is 0 Å². The Bertz CT molecular complexity index is 553. The maximum absolute atomic E-state index is 12.9. The first-order valence-corrected chi connectivity index (χ1v) is 8.53. The second-order valence-corrected chi connectivity index (χ2v) is 9.02. The first-order valence-electron chi connectivity index (χ1n) is 8.53. The van der Waals surface area contributed by atoms with Crippen LogP contribution in [0.2, 0.25) is 0 Å². The van der Waals surface area contributed by atoms with E-state index in [1.165, 1.54) is 0 Å². The minimum Gasteiger partial charge on any atom is -0.353 e. The van der Waals surface area contributed by atoms with Gasteiger partial charge in [0.1, 0.15) is 12.1 Å². The number of carbonyl (C=O) groups is 3. The van der Waals surface area contributed by atoms with Gasteiger partial charge in [-0.05, 0) is 44.4 Å². The number of hydrogen-bond donors (Lipinski definition) is 3. The summed E-state index contributed by atoms with van der Waals surface area (Å²) < 4.78 is 0. The third-order valence-electron chi connectivity index (χ3n) is 4.67. The molecule has 1 heterocycles. The van der Waals surface area contributed by atoms with Crippen molar-refractivity contribution in [2.45, 2.75) is 65.0 Å². The number of carbonyl (C=O) groups excluding carboxylic acids is 3. The number of nitrogens with two attached hydrogens (primary N) is 1. The van der Waals surface area contributed by atoms with Gasteiger partial charge in [0.25, 0.3) is 5.91 Å². The molecule has 1 spiro atoms. The van der Waals surface area contributed by atoms with Gasteiger partial charge in [0.2, 0.25) is 5.91 Å². The summed E-state index contributed by atoms with van der Waals surface area (Å²) in [4.78, 5) is 38.3. The lowest BCUT2D eigenvalue weighted by Crippen LogP contribution is -2.54. The van der Waals surface area contributed by atoms with Crippen molar-refractivity contribution in [1.82, 2.24) is 15.5 Å². The summed E-state index contributed by atoms with van der Waals surface area (Å²) in [6.45, 7) is 9.93. The molecule has 1 aliphatic carbocycles. The number of rotatable bonds is 4. The number of nitrogens with zero attached hydrogens (tertiary/aromatic N) is 1. The van der Waals surface area contributed by atoms with Gasteiger partial charge in [-0.2, -0.15) is 0 Å². The van der Waals surface area contributed by atoms with Crippen LogP contribution in [0.5, 0.6) is 0 Å². The van der Waals surface area contributed by atoms with Crippen LogP contribution in [0.15, 0.2) is 0 Å². The van der Waals surface area contributed by atoms with E-state index in [2.05, 4.69) is 31.4 Å². The highest BCUT2D eigenvalue weighted by Gasteiger charge is 2.56. The summed E-state index contributed by atoms with van der Waals surface area (Å²) in [5.74, 6) is -0.323. The average molecular weight is 338 g/mol. The number of nitrogens with one attached hydrogen (secondary N) is 2. The van der Waals surface area contributed by atoms with E-state index in [-0.39, 0.29) is 30.3 Å². The standard InChI is InChI=1S/C17H30N4O3/c1-11-6-15(2,3)9-17(7-11)13(23)21(14(24)20-17)8-12(22)19-10-16(4,5)18/h11H,6-10,18H2,1-5H3,(H,19,22)(H,20,24). The van der Waals surface area contributed by atoms with Gasteiger partial charge >= 0.3 is 6.03 Å². The Kier molecular flexibility index (Phi) is 4.69. The topological polar surface area (TPSA) is 105 Å². The van der Waals surface area contributed by atoms with Crippen molar-refractivity contribution in [3.05, 3.63) is 0 Å². The molecule has 24 heavy (non-hydrogen) atoms. The SMILES string of the molecule is CC1CC(C)(C)CC2(C1)NC(=O)N(CC(=O)NCC(C)(C)N)C2=O. The molecule has 7 nitrogen and oxygen atoms in total. The normalized spacial score (nSPS) is 29.8. The van der Waals surface area contributed by atoms with Crippen molar-refractivity contribution < 1.29 is 14.4 Å². The molecule has 2 atom stereocenters. The summed E-state index contributed by atoms with van der Waals surface area (Å²) in [6.07, 6.45) is 2.24. The third-order valence-corrected chi connectivity index (χ3v) is 4.67. The summed E-state index contributed by atoms with van der Waals surface area (Å²) in [5, 5.41) is 5.53. The van der Waals surface area contributed by atoms with Crippen LogP contribution in [0, 0.1) is 11.3 Å². The van der Waals surface area contributed by atoms with Crippen LogP contribution in [0.1, 0.15) is 53.9 Å². The summed E-state index contributed by atoms with van der Waals surface area (Å²) in [5.41, 5.74) is 4.39. The van der Waals surface area contributed by atoms with Crippen molar-refractivity contribution in [2.75, 3.05) is 13.1 Å². The fourth-order valence-electron chi connectivity index (χ4n) is 4.18. The maximum Gasteiger partial charge on any atom is 0.325 e. The highest BCUT2D eigenvalue weighted by molar-refractivity contribution is 6.09. The fourth-order valence-corrected chi connectivity index (χ4v) is 4.18. The molecule has 1 aliphatic heterocycles. The minimum absolute atomic E-state index is 0.0253. The smallest absolute Gasteiger partial charge is 0.325 e. The molecule has 4 amide bonds. The molecular weight excluding hydrogens is 308 g/mol. The van der Waals surface area contributed by atoms with E-state index in [0.29, 0.717) is 18.8 Å². The Morgan fingerprint density at radius 2 is 2.00 bits per heavy atom. The Morgan fingerprint density at radius 3 is 2.54 bits per heavy atom. The maximum atomic E-state index is 12.9. The van der Waals surface area contributed by atoms with Crippen LogP contribution < -0.4 is 16.4 Å². The molecule has 7 heteroatoms. The minimum atomic E-state index is -0.869. The van der Waals surface area contributed by atoms with E-state index in [9.17, 15) is 14.4 Å². The first kappa shape index (κ1) is 18.7. The van der Waals surface area contributed by atoms with Gasteiger partial charge in [0.05, 0.1) is 0 Å². The molecule has 136 valence electrons. The molecule has 1 saturated heterocycles. The molecule has 0 aromatic rings. The average Bonchev–Trinajstić information content (AvgIpc) is 2.57. The number of urea groups is 1. The highest BCUT2D eigenvalue weighted by atomic mass is 16.2. The van der Waals surface area contributed by atoms with Gasteiger partial charge in [0.15, 0.2) is 0 Å². The predicted octanol–water partition coefficient (Wildman–Crippen LogP) is 0.977. The summed E-state index contributed by atoms with van der Waals surface area (Å²) >= 11 is 0. The molecule has 0 radical (unpaired) electrons. The monoisotopic (exact) mass is 338 g/mol. The first-order chi connectivity index (χ1) is 10.8. The van der Waals surface area contributed by atoms with Crippen LogP contribution in [-0.4, -0.2) is 46.9 Å². The van der Waals surface area contributed by atoms with E-state index in [1.54, 1.807) is 13.8 Å². The van der Waals surface area contributed by atoms with Crippen molar-refractivity contribution in [3.63, 3.8) is 0 Å². The zero-order valence-corrected chi connectivity index (χ0v) is 15.4. The van der Waals surface area contributed by atoms with Gasteiger partial charge in [-0.15, -0.1) is 0 Å². The molecule has 2 fully saturated rings. The third kappa shape index (κ3) is 4.06. The van der Waals surface area contributed by atoms with Crippen molar-refractivity contribution in [2.24, 2.45) is 17.1 Å². The fraction of sp³-hybridized carbons (Fsp3) is 0.824. The number of hydrogen-bond acceptors (Lipinski definition) is 4. The van der Waals surface area contributed by atoms with Gasteiger partial charge < -0.3 is 16.4 Å². The lowest BCUT2D eigenvalue weighted by atomic mass is 9.64. The highest BCUT2D eigenvalue weighted by Crippen LogP contribution is 2.46. The van der Waals surface area contributed by atoms with Crippen LogP contribution in [0.4, 0.5) is 4.79 Å². The second kappa shape index (κ2) is 6.02. The van der Waals surface area contributed by atoms with E-state index < -0.39 is 17.1 Å². The zero-order chi connectivity index (χ0) is 18.3. The van der Waals surface area contributed by atoms with Gasteiger partial charge in [-0.25, -0.2) is 4.79 Å². The van der Waals surface area contributed by atoms with Gasteiger partial charge in [-0.3, -0.25) is 14.5 Å². The van der Waals surface area contributed by atoms with E-state index in [4.69, 9.17) is 5.73 Å². The van der Waals surface area contributed by atoms with Crippen LogP contribution in [-0.2, 0) is 9.59 Å². The van der Waals surface area contributed by atoms with E-state index in [1.807, 2.05) is 0 Å². The van der Waals surface area contributed by atoms with Crippen LogP contribution >= 0.6 is 0 Å². The zero-order valence-electron chi connectivity index (χ0n) is 15.4. The lowest BCUT2D eigenvalue weighted by molar-refractivity contribution is -0.137. The van der Waals surface area contributed by atoms with Gasteiger partial charge in [-0.1, -0.05) is 20.8 Å². The summed E-state index contributed by atoms with van der Waals surface area (Å²) in [7, 11) is 0. The van der Waals surface area contributed by atoms with E-state index >= 15 is 0 Å². The second-order valence-electron chi connectivity index (χ2n) is 9.02. The molecule has 4 N–H and O–H groups in total. The van der Waals surface area contributed by atoms with Crippen molar-refractivity contribution in [1.29, 1.82) is 0 Å². The summed E-state index contributed by atoms with van der Waals surface area (Å²) in [6, 6.07) is -0.480. The predicted molar refractivity (Wildman–Crippen MR) is 91.0 cm³/mol.